The minimum atomic E-state index is -5.10. The molecule has 0 aromatic heterocycles. The van der Waals surface area contributed by atoms with Gasteiger partial charge in [-0.15, -0.1) is 0 Å². The Morgan fingerprint density at radius 1 is 0.741 bits per heavy atom. The van der Waals surface area contributed by atoms with Crippen molar-refractivity contribution in [2.75, 3.05) is 13.2 Å². The molecule has 10 atom stereocenters. The third-order valence-corrected chi connectivity index (χ3v) is 4.68. The molecule has 2 rings (SSSR count). The Kier molecular flexibility index (Phi) is 7.68. The number of phosphoric acid groups is 1. The topological polar surface area (TPSA) is 236 Å². The van der Waals surface area contributed by atoms with Gasteiger partial charge in [0.1, 0.15) is 48.8 Å². The van der Waals surface area contributed by atoms with Gasteiger partial charge in [-0.05, 0) is 0 Å². The molecule has 0 aliphatic carbocycles. The summed E-state index contributed by atoms with van der Waals surface area (Å²) >= 11 is 0. The summed E-state index contributed by atoms with van der Waals surface area (Å²) < 4.78 is 30.4. The first-order chi connectivity index (χ1) is 12.5. The van der Waals surface area contributed by atoms with E-state index in [-0.39, 0.29) is 0 Å². The van der Waals surface area contributed by atoms with Crippen molar-refractivity contribution in [3.8, 4) is 0 Å². The molecule has 9 N–H and O–H groups in total. The largest absolute Gasteiger partial charge is 0.472 e. The molecule has 2 heterocycles. The van der Waals surface area contributed by atoms with Crippen molar-refractivity contribution in [3.05, 3.63) is 0 Å². The zero-order valence-electron chi connectivity index (χ0n) is 13.7. The highest BCUT2D eigenvalue weighted by Crippen LogP contribution is 2.41. The zero-order valence-corrected chi connectivity index (χ0v) is 14.6. The fourth-order valence-electron chi connectivity index (χ4n) is 2.78. The molecule has 0 saturated carbocycles. The third kappa shape index (κ3) is 5.20. The number of rotatable bonds is 6. The Morgan fingerprint density at radius 2 is 1.26 bits per heavy atom. The summed E-state index contributed by atoms with van der Waals surface area (Å²) in [5, 5.41) is 68.0. The molecule has 14 nitrogen and oxygen atoms in total. The van der Waals surface area contributed by atoms with E-state index in [2.05, 4.69) is 4.52 Å². The highest BCUT2D eigenvalue weighted by Gasteiger charge is 2.51. The lowest BCUT2D eigenvalue weighted by Crippen LogP contribution is -2.64. The van der Waals surface area contributed by atoms with Crippen LogP contribution in [0.4, 0.5) is 0 Å². The second-order valence-electron chi connectivity index (χ2n) is 6.10. The van der Waals surface area contributed by atoms with Crippen LogP contribution in [-0.4, -0.2) is 120 Å². The van der Waals surface area contributed by atoms with Gasteiger partial charge in [-0.1, -0.05) is 0 Å². The quantitative estimate of drug-likeness (QED) is 0.182. The van der Waals surface area contributed by atoms with Crippen LogP contribution in [0.1, 0.15) is 0 Å². The maximum Gasteiger partial charge on any atom is 0.472 e. The molecule has 27 heavy (non-hydrogen) atoms. The van der Waals surface area contributed by atoms with Gasteiger partial charge in [0.15, 0.2) is 12.6 Å². The van der Waals surface area contributed by atoms with Crippen molar-refractivity contribution in [1.29, 1.82) is 0 Å². The SMILES string of the molecule is O=P(O)(O)OC1O[C@H](CO)[C@@H](O[C@@H]2O[C@H](CO)[C@H](O)[C@H](O)[C@H]2O)[C@H](O)[C@H]1O. The van der Waals surface area contributed by atoms with Crippen LogP contribution in [-0.2, 0) is 23.3 Å². The molecule has 0 aromatic rings. The van der Waals surface area contributed by atoms with Gasteiger partial charge < -0.3 is 59.7 Å². The Labute approximate surface area is 152 Å². The normalized spacial score (nSPS) is 46.4. The second kappa shape index (κ2) is 9.02. The number of phosphoric ester groups is 1. The van der Waals surface area contributed by atoms with E-state index in [1.54, 1.807) is 0 Å². The molecule has 1 unspecified atom stereocenters. The second-order valence-corrected chi connectivity index (χ2v) is 7.29. The van der Waals surface area contributed by atoms with Crippen LogP contribution in [0.3, 0.4) is 0 Å². The molecule has 0 amide bonds. The van der Waals surface area contributed by atoms with Crippen molar-refractivity contribution in [2.45, 2.75) is 61.4 Å². The monoisotopic (exact) mass is 422 g/mol. The van der Waals surface area contributed by atoms with Crippen LogP contribution in [0.5, 0.6) is 0 Å². The summed E-state index contributed by atoms with van der Waals surface area (Å²) in [5.41, 5.74) is 0. The molecule has 160 valence electrons. The molecule has 2 aliphatic heterocycles. The van der Waals surface area contributed by atoms with E-state index in [1.165, 1.54) is 0 Å². The van der Waals surface area contributed by atoms with Crippen LogP contribution in [0.25, 0.3) is 0 Å². The standard InChI is InChI=1S/C12H23O14P/c13-1-3-5(15)6(16)8(18)11(23-3)25-10-4(2-14)24-12(9(19)7(10)17)26-27(20,21)22/h3-19H,1-2H2,(H2,20,21,22)/t3-,4-,5+,6+,7-,8-,9-,10-,11+,12?/m1/s1. The van der Waals surface area contributed by atoms with E-state index in [9.17, 15) is 35.2 Å². The van der Waals surface area contributed by atoms with Crippen molar-refractivity contribution in [3.63, 3.8) is 0 Å². The van der Waals surface area contributed by atoms with Crippen molar-refractivity contribution in [1.82, 2.24) is 0 Å². The summed E-state index contributed by atoms with van der Waals surface area (Å²) in [4.78, 5) is 17.6. The molecule has 2 aliphatic rings. The van der Waals surface area contributed by atoms with E-state index in [1.807, 2.05) is 0 Å². The molecule has 0 aromatic carbocycles. The van der Waals surface area contributed by atoms with Crippen LogP contribution in [0.15, 0.2) is 0 Å². The first-order valence-electron chi connectivity index (χ1n) is 7.82. The Hall–Kier alpha value is -0.290. The van der Waals surface area contributed by atoms with Gasteiger partial charge in [0.05, 0.1) is 13.2 Å². The van der Waals surface area contributed by atoms with Gasteiger partial charge in [-0.3, -0.25) is 4.52 Å². The summed E-state index contributed by atoms with van der Waals surface area (Å²) in [7, 11) is -5.10. The molecule has 15 heteroatoms. The molecular formula is C12H23O14P. The smallest absolute Gasteiger partial charge is 0.394 e. The Morgan fingerprint density at radius 3 is 1.78 bits per heavy atom. The molecule has 0 bridgehead atoms. The molecule has 2 saturated heterocycles. The van der Waals surface area contributed by atoms with Gasteiger partial charge in [-0.25, -0.2) is 4.57 Å². The lowest BCUT2D eigenvalue weighted by atomic mass is 9.97. The van der Waals surface area contributed by atoms with Gasteiger partial charge in [0.25, 0.3) is 0 Å². The summed E-state index contributed by atoms with van der Waals surface area (Å²) in [6, 6.07) is 0. The van der Waals surface area contributed by atoms with Gasteiger partial charge in [-0.2, -0.15) is 0 Å². The third-order valence-electron chi connectivity index (χ3n) is 4.20. The molecule has 2 fully saturated rings. The van der Waals surface area contributed by atoms with E-state index in [0.29, 0.717) is 0 Å². The van der Waals surface area contributed by atoms with Crippen LogP contribution >= 0.6 is 7.82 Å². The summed E-state index contributed by atoms with van der Waals surface area (Å²) in [5.74, 6) is 0. The first-order valence-corrected chi connectivity index (χ1v) is 9.35. The van der Waals surface area contributed by atoms with Crippen LogP contribution in [0, 0.1) is 0 Å². The lowest BCUT2D eigenvalue weighted by Gasteiger charge is -2.45. The predicted octanol–water partition coefficient (Wildman–Crippen LogP) is -5.28. The van der Waals surface area contributed by atoms with Crippen molar-refractivity contribution >= 4 is 7.82 Å². The minimum absolute atomic E-state index is 0.737. The maximum atomic E-state index is 10.9. The number of aliphatic hydroxyl groups is 7. The molecule has 0 radical (unpaired) electrons. The maximum absolute atomic E-state index is 10.9. The first kappa shape index (κ1) is 23.0. The van der Waals surface area contributed by atoms with Crippen molar-refractivity contribution in [2.24, 2.45) is 0 Å². The van der Waals surface area contributed by atoms with E-state index >= 15 is 0 Å². The molecule has 0 spiro atoms. The van der Waals surface area contributed by atoms with Gasteiger partial charge >= 0.3 is 7.82 Å². The average molecular weight is 422 g/mol. The van der Waals surface area contributed by atoms with Gasteiger partial charge in [0.2, 0.25) is 0 Å². The lowest BCUT2D eigenvalue weighted by molar-refractivity contribution is -0.353. The fourth-order valence-corrected chi connectivity index (χ4v) is 3.22. The van der Waals surface area contributed by atoms with Crippen LogP contribution in [0.2, 0.25) is 0 Å². The Bertz CT molecular complexity index is 524. The number of ether oxygens (including phenoxy) is 3. The van der Waals surface area contributed by atoms with Crippen molar-refractivity contribution < 1.29 is 68.8 Å². The van der Waals surface area contributed by atoms with E-state index in [4.69, 9.17) is 29.1 Å². The minimum Gasteiger partial charge on any atom is -0.394 e. The van der Waals surface area contributed by atoms with E-state index < -0.39 is 82.4 Å². The number of hydrogen-bond acceptors (Lipinski definition) is 12. The average Bonchev–Trinajstić information content (AvgIpc) is 2.60. The number of hydrogen-bond donors (Lipinski definition) is 9. The highest BCUT2D eigenvalue weighted by atomic mass is 31.2. The van der Waals surface area contributed by atoms with Crippen LogP contribution < -0.4 is 0 Å². The highest BCUT2D eigenvalue weighted by molar-refractivity contribution is 7.46. The van der Waals surface area contributed by atoms with E-state index in [0.717, 1.165) is 0 Å². The van der Waals surface area contributed by atoms with Gasteiger partial charge in [0, 0.05) is 0 Å². The summed E-state index contributed by atoms with van der Waals surface area (Å²) in [6.07, 6.45) is -17.3. The number of aliphatic hydroxyl groups excluding tert-OH is 7. The Balaban J connectivity index is 2.14. The molecular weight excluding hydrogens is 399 g/mol. The fraction of sp³-hybridized carbons (Fsp3) is 1.00. The zero-order chi connectivity index (χ0) is 20.5. The summed E-state index contributed by atoms with van der Waals surface area (Å²) in [6.45, 7) is -1.59. The predicted molar refractivity (Wildman–Crippen MR) is 79.5 cm³/mol.